The third kappa shape index (κ3) is 4.00. The molecule has 0 bridgehead atoms. The molecule has 0 unspecified atom stereocenters. The fourth-order valence-electron chi connectivity index (χ4n) is 2.58. The van der Waals surface area contributed by atoms with Gasteiger partial charge in [-0.2, -0.15) is 0 Å². The Morgan fingerprint density at radius 3 is 2.56 bits per heavy atom. The molecule has 0 fully saturated rings. The van der Waals surface area contributed by atoms with Crippen molar-refractivity contribution in [3.05, 3.63) is 58.6 Å². The van der Waals surface area contributed by atoms with E-state index >= 15 is 0 Å². The van der Waals surface area contributed by atoms with Gasteiger partial charge in [0.1, 0.15) is 0 Å². The van der Waals surface area contributed by atoms with Crippen LogP contribution in [0.25, 0.3) is 10.2 Å². The van der Waals surface area contributed by atoms with Gasteiger partial charge in [0.25, 0.3) is 5.91 Å². The van der Waals surface area contributed by atoms with Crippen molar-refractivity contribution in [1.29, 1.82) is 0 Å². The summed E-state index contributed by atoms with van der Waals surface area (Å²) in [5.41, 5.74) is 2.58. The van der Waals surface area contributed by atoms with Crippen molar-refractivity contribution >= 4 is 44.2 Å². The Morgan fingerprint density at radius 1 is 1.16 bits per heavy atom. The van der Waals surface area contributed by atoms with Crippen molar-refractivity contribution in [2.75, 3.05) is 32.1 Å². The normalized spacial score (nSPS) is 11.2. The quantitative estimate of drug-likeness (QED) is 0.662. The van der Waals surface area contributed by atoms with Crippen LogP contribution in [0.1, 0.15) is 15.9 Å². The van der Waals surface area contributed by atoms with E-state index in [0.717, 1.165) is 22.3 Å². The van der Waals surface area contributed by atoms with Crippen molar-refractivity contribution in [2.24, 2.45) is 0 Å². The fourth-order valence-corrected chi connectivity index (χ4v) is 4.02. The number of aromatic nitrogens is 1. The number of benzene rings is 2. The summed E-state index contributed by atoms with van der Waals surface area (Å²) >= 11 is 7.67. The van der Waals surface area contributed by atoms with Gasteiger partial charge in [0.15, 0.2) is 5.13 Å². The molecule has 0 saturated carbocycles. The van der Waals surface area contributed by atoms with Crippen molar-refractivity contribution in [1.82, 2.24) is 9.88 Å². The van der Waals surface area contributed by atoms with E-state index in [1.165, 1.54) is 11.3 Å². The molecule has 3 aromatic rings. The number of carbonyl (C=O) groups excluding carboxylic acids is 1. The Kier molecular flexibility index (Phi) is 5.37. The molecule has 0 N–H and O–H groups in total. The lowest BCUT2D eigenvalue weighted by Gasteiger charge is -2.22. The lowest BCUT2D eigenvalue weighted by Crippen LogP contribution is -2.36. The van der Waals surface area contributed by atoms with Crippen LogP contribution in [0.3, 0.4) is 0 Å². The average molecular weight is 374 g/mol. The van der Waals surface area contributed by atoms with Crippen LogP contribution in [-0.2, 0) is 0 Å². The molecule has 0 aliphatic rings. The number of halogens is 1. The van der Waals surface area contributed by atoms with Gasteiger partial charge in [-0.1, -0.05) is 41.1 Å². The summed E-state index contributed by atoms with van der Waals surface area (Å²) in [5.74, 6) is -0.0368. The summed E-state index contributed by atoms with van der Waals surface area (Å²) in [6.07, 6.45) is 0. The predicted octanol–water partition coefficient (Wildman–Crippen LogP) is 4.47. The van der Waals surface area contributed by atoms with E-state index in [-0.39, 0.29) is 5.91 Å². The summed E-state index contributed by atoms with van der Waals surface area (Å²) in [6.45, 7) is 3.32. The second-order valence-corrected chi connectivity index (χ2v) is 7.64. The van der Waals surface area contributed by atoms with E-state index in [1.807, 2.05) is 63.5 Å². The summed E-state index contributed by atoms with van der Waals surface area (Å²) in [4.78, 5) is 21.6. The van der Waals surface area contributed by atoms with Crippen molar-refractivity contribution in [3.63, 3.8) is 0 Å². The Hall–Kier alpha value is -1.95. The molecule has 3 rings (SSSR count). The maximum atomic E-state index is 13.0. The van der Waals surface area contributed by atoms with Gasteiger partial charge in [-0.3, -0.25) is 9.69 Å². The van der Waals surface area contributed by atoms with Gasteiger partial charge in [0.2, 0.25) is 0 Å². The lowest BCUT2D eigenvalue weighted by molar-refractivity contribution is 0.0985. The highest BCUT2D eigenvalue weighted by atomic mass is 35.5. The van der Waals surface area contributed by atoms with Crippen LogP contribution in [0.5, 0.6) is 0 Å². The number of hydrogen-bond acceptors (Lipinski definition) is 4. The minimum Gasteiger partial charge on any atom is -0.308 e. The van der Waals surface area contributed by atoms with E-state index in [1.54, 1.807) is 4.90 Å². The van der Waals surface area contributed by atoms with E-state index in [2.05, 4.69) is 4.90 Å². The van der Waals surface area contributed by atoms with E-state index in [0.29, 0.717) is 22.3 Å². The van der Waals surface area contributed by atoms with Gasteiger partial charge in [-0.25, -0.2) is 4.98 Å². The molecule has 0 aliphatic heterocycles. The zero-order valence-electron chi connectivity index (χ0n) is 14.5. The number of amides is 1. The van der Waals surface area contributed by atoms with Crippen LogP contribution >= 0.6 is 22.9 Å². The van der Waals surface area contributed by atoms with Crippen molar-refractivity contribution in [3.8, 4) is 0 Å². The predicted molar refractivity (Wildman–Crippen MR) is 106 cm³/mol. The summed E-state index contributed by atoms with van der Waals surface area (Å²) in [5, 5.41) is 1.39. The van der Waals surface area contributed by atoms with Gasteiger partial charge in [0, 0.05) is 23.7 Å². The number of fused-ring (bicyclic) bond motifs is 1. The largest absolute Gasteiger partial charge is 0.308 e. The molecule has 1 aromatic heterocycles. The van der Waals surface area contributed by atoms with Gasteiger partial charge >= 0.3 is 0 Å². The highest BCUT2D eigenvalue weighted by molar-refractivity contribution is 7.22. The number of aryl methyl sites for hydroxylation is 1. The molecule has 0 aliphatic carbocycles. The van der Waals surface area contributed by atoms with E-state index in [9.17, 15) is 4.79 Å². The molecule has 0 atom stereocenters. The Labute approximate surface area is 156 Å². The van der Waals surface area contributed by atoms with E-state index in [4.69, 9.17) is 16.6 Å². The zero-order chi connectivity index (χ0) is 18.0. The third-order valence-corrected chi connectivity index (χ3v) is 5.15. The second kappa shape index (κ2) is 7.52. The number of rotatable bonds is 5. The van der Waals surface area contributed by atoms with Gasteiger partial charge in [-0.05, 0) is 50.8 Å². The number of nitrogens with zero attached hydrogens (tertiary/aromatic N) is 3. The van der Waals surface area contributed by atoms with Crippen LogP contribution in [0.2, 0.25) is 5.02 Å². The van der Waals surface area contributed by atoms with Crippen LogP contribution in [-0.4, -0.2) is 43.0 Å². The number of thiazole rings is 1. The lowest BCUT2D eigenvalue weighted by atomic mass is 10.2. The summed E-state index contributed by atoms with van der Waals surface area (Å²) in [6, 6.07) is 13.1. The minimum absolute atomic E-state index is 0.0368. The molecule has 4 nitrogen and oxygen atoms in total. The molecule has 1 heterocycles. The SMILES string of the molecule is Cc1cc(Cl)cc2sc(N(CCN(C)C)C(=O)c3ccccc3)nc12. The van der Waals surface area contributed by atoms with Crippen LogP contribution < -0.4 is 4.90 Å². The van der Waals surface area contributed by atoms with Gasteiger partial charge in [-0.15, -0.1) is 0 Å². The monoisotopic (exact) mass is 373 g/mol. The number of likely N-dealkylation sites (N-methyl/N-ethyl adjacent to an activating group) is 1. The first kappa shape index (κ1) is 17.9. The van der Waals surface area contributed by atoms with E-state index < -0.39 is 0 Å². The molecule has 0 saturated heterocycles. The van der Waals surface area contributed by atoms with Crippen molar-refractivity contribution in [2.45, 2.75) is 6.92 Å². The molecule has 6 heteroatoms. The van der Waals surface area contributed by atoms with Crippen LogP contribution in [0, 0.1) is 6.92 Å². The van der Waals surface area contributed by atoms with Crippen molar-refractivity contribution < 1.29 is 4.79 Å². The molecule has 0 radical (unpaired) electrons. The standard InChI is InChI=1S/C19H20ClN3OS/c1-13-11-15(20)12-16-17(13)21-19(25-16)23(10-9-22(2)3)18(24)14-7-5-4-6-8-14/h4-8,11-12H,9-10H2,1-3H3. The molecule has 0 spiro atoms. The molecular weight excluding hydrogens is 354 g/mol. The maximum Gasteiger partial charge on any atom is 0.260 e. The van der Waals surface area contributed by atoms with Crippen LogP contribution in [0.15, 0.2) is 42.5 Å². The summed E-state index contributed by atoms with van der Waals surface area (Å²) in [7, 11) is 3.99. The fraction of sp³-hybridized carbons (Fsp3) is 0.263. The first-order chi connectivity index (χ1) is 12.0. The van der Waals surface area contributed by atoms with Crippen LogP contribution in [0.4, 0.5) is 5.13 Å². The molecule has 2 aromatic carbocycles. The molecule has 25 heavy (non-hydrogen) atoms. The second-order valence-electron chi connectivity index (χ2n) is 6.19. The Balaban J connectivity index is 2.02. The molecule has 130 valence electrons. The molecular formula is C19H20ClN3OS. The number of hydrogen-bond donors (Lipinski definition) is 0. The highest BCUT2D eigenvalue weighted by Crippen LogP contribution is 2.33. The number of carbonyl (C=O) groups is 1. The summed E-state index contributed by atoms with van der Waals surface area (Å²) < 4.78 is 0.996. The highest BCUT2D eigenvalue weighted by Gasteiger charge is 2.21. The Bertz CT molecular complexity index is 892. The average Bonchev–Trinajstić information content (AvgIpc) is 2.99. The number of anilines is 1. The third-order valence-electron chi connectivity index (χ3n) is 3.91. The Morgan fingerprint density at radius 2 is 1.88 bits per heavy atom. The molecule has 1 amide bonds. The zero-order valence-corrected chi connectivity index (χ0v) is 16.1. The smallest absolute Gasteiger partial charge is 0.260 e. The first-order valence-electron chi connectivity index (χ1n) is 8.04. The van der Waals surface area contributed by atoms with Gasteiger partial charge < -0.3 is 4.90 Å². The first-order valence-corrected chi connectivity index (χ1v) is 9.23. The minimum atomic E-state index is -0.0368. The maximum absolute atomic E-state index is 13.0. The topological polar surface area (TPSA) is 36.4 Å². The van der Waals surface area contributed by atoms with Gasteiger partial charge in [0.05, 0.1) is 10.2 Å².